The van der Waals surface area contributed by atoms with Crippen LogP contribution in [0.1, 0.15) is 45.4 Å². The first-order valence-corrected chi connectivity index (χ1v) is 9.63. The van der Waals surface area contributed by atoms with E-state index in [0.29, 0.717) is 19.2 Å². The Kier molecular flexibility index (Phi) is 6.30. The number of carbonyl (C=O) groups is 2. The number of nitrogens with one attached hydrogen (secondary N) is 2. The molecule has 1 aliphatic carbocycles. The van der Waals surface area contributed by atoms with Gasteiger partial charge in [-0.3, -0.25) is 9.59 Å². The smallest absolute Gasteiger partial charge is 0.223 e. The van der Waals surface area contributed by atoms with Crippen LogP contribution in [-0.2, 0) is 14.3 Å². The average molecular weight is 353 g/mol. The first-order valence-electron chi connectivity index (χ1n) is 9.63. The van der Waals surface area contributed by atoms with E-state index in [1.807, 2.05) is 4.90 Å². The zero-order chi connectivity index (χ0) is 17.8. The third-order valence-corrected chi connectivity index (χ3v) is 5.88. The van der Waals surface area contributed by atoms with E-state index >= 15 is 0 Å². The van der Waals surface area contributed by atoms with Gasteiger partial charge in [0.05, 0.1) is 18.8 Å². The summed E-state index contributed by atoms with van der Waals surface area (Å²) in [7, 11) is 0. The molecule has 0 aromatic rings. The van der Waals surface area contributed by atoms with Gasteiger partial charge in [0.1, 0.15) is 6.10 Å². The van der Waals surface area contributed by atoms with Crippen molar-refractivity contribution in [2.45, 2.75) is 69.7 Å². The molecule has 0 aromatic carbocycles. The van der Waals surface area contributed by atoms with Crippen LogP contribution >= 0.6 is 0 Å². The molecule has 7 heteroatoms. The Morgan fingerprint density at radius 1 is 1.16 bits per heavy atom. The molecule has 2 amide bonds. The van der Waals surface area contributed by atoms with Crippen molar-refractivity contribution in [1.82, 2.24) is 15.5 Å². The monoisotopic (exact) mass is 353 g/mol. The number of rotatable bonds is 5. The fourth-order valence-corrected chi connectivity index (χ4v) is 4.21. The molecule has 3 rings (SSSR count). The van der Waals surface area contributed by atoms with Crippen LogP contribution in [0.2, 0.25) is 0 Å². The Balaban J connectivity index is 1.39. The molecule has 2 heterocycles. The quantitative estimate of drug-likeness (QED) is 0.648. The van der Waals surface area contributed by atoms with Crippen molar-refractivity contribution in [3.05, 3.63) is 0 Å². The van der Waals surface area contributed by atoms with Gasteiger partial charge < -0.3 is 25.4 Å². The number of aliphatic hydroxyl groups is 1. The molecule has 2 aliphatic heterocycles. The van der Waals surface area contributed by atoms with Crippen LogP contribution in [-0.4, -0.2) is 72.4 Å². The lowest BCUT2D eigenvalue weighted by molar-refractivity contribution is -0.130. The second-order valence-corrected chi connectivity index (χ2v) is 7.64. The first kappa shape index (κ1) is 18.6. The highest BCUT2D eigenvalue weighted by Crippen LogP contribution is 2.25. The lowest BCUT2D eigenvalue weighted by Gasteiger charge is -2.33. The Labute approximate surface area is 149 Å². The lowest BCUT2D eigenvalue weighted by atomic mass is 10.0. The molecule has 25 heavy (non-hydrogen) atoms. The minimum absolute atomic E-state index is 0.0984. The summed E-state index contributed by atoms with van der Waals surface area (Å²) >= 11 is 0. The van der Waals surface area contributed by atoms with E-state index in [1.165, 1.54) is 0 Å². The normalized spacial score (nSPS) is 31.4. The van der Waals surface area contributed by atoms with Gasteiger partial charge in [-0.2, -0.15) is 0 Å². The molecule has 0 bridgehead atoms. The molecule has 2 saturated heterocycles. The summed E-state index contributed by atoms with van der Waals surface area (Å²) < 4.78 is 5.70. The second kappa shape index (κ2) is 8.47. The summed E-state index contributed by atoms with van der Waals surface area (Å²) in [5.74, 6) is 0.362. The number of aliphatic hydroxyl groups excluding tert-OH is 1. The topological polar surface area (TPSA) is 90.9 Å². The van der Waals surface area contributed by atoms with Gasteiger partial charge in [-0.25, -0.2) is 0 Å². The summed E-state index contributed by atoms with van der Waals surface area (Å²) in [5, 5.41) is 16.9. The number of piperidine rings is 1. The molecule has 3 fully saturated rings. The SMILES string of the molecule is CC(=O)N1CCC(N[C@@H]2CO[C@H](CNC(=O)C3CCCC3)[C@H]2O)CC1. The van der Waals surface area contributed by atoms with Crippen LogP contribution in [0.15, 0.2) is 0 Å². The molecule has 1 saturated carbocycles. The second-order valence-electron chi connectivity index (χ2n) is 7.64. The van der Waals surface area contributed by atoms with Crippen LogP contribution in [0.3, 0.4) is 0 Å². The molecule has 142 valence electrons. The molecule has 0 aromatic heterocycles. The fraction of sp³-hybridized carbons (Fsp3) is 0.889. The van der Waals surface area contributed by atoms with E-state index in [9.17, 15) is 14.7 Å². The number of ether oxygens (including phenoxy) is 1. The van der Waals surface area contributed by atoms with Crippen molar-refractivity contribution < 1.29 is 19.4 Å². The summed E-state index contributed by atoms with van der Waals surface area (Å²) in [6.07, 6.45) is 5.04. The van der Waals surface area contributed by atoms with Gasteiger partial charge in [0.2, 0.25) is 11.8 Å². The van der Waals surface area contributed by atoms with E-state index in [1.54, 1.807) is 6.92 Å². The Hall–Kier alpha value is -1.18. The maximum atomic E-state index is 12.1. The Morgan fingerprint density at radius 2 is 1.84 bits per heavy atom. The van der Waals surface area contributed by atoms with Gasteiger partial charge in [-0.05, 0) is 25.7 Å². The zero-order valence-electron chi connectivity index (χ0n) is 15.1. The van der Waals surface area contributed by atoms with E-state index < -0.39 is 6.10 Å². The highest BCUT2D eigenvalue weighted by atomic mass is 16.5. The van der Waals surface area contributed by atoms with Crippen molar-refractivity contribution in [3.63, 3.8) is 0 Å². The lowest BCUT2D eigenvalue weighted by Crippen LogP contribution is -2.52. The molecule has 0 unspecified atom stereocenters. The molecule has 7 nitrogen and oxygen atoms in total. The third-order valence-electron chi connectivity index (χ3n) is 5.88. The molecule has 0 radical (unpaired) electrons. The number of hydrogen-bond acceptors (Lipinski definition) is 5. The highest BCUT2D eigenvalue weighted by Gasteiger charge is 2.38. The van der Waals surface area contributed by atoms with Crippen LogP contribution in [0, 0.1) is 5.92 Å². The van der Waals surface area contributed by atoms with Gasteiger partial charge in [-0.15, -0.1) is 0 Å². The maximum Gasteiger partial charge on any atom is 0.223 e. The molecular formula is C18H31N3O4. The van der Waals surface area contributed by atoms with Crippen molar-refractivity contribution in [1.29, 1.82) is 0 Å². The van der Waals surface area contributed by atoms with Crippen LogP contribution in [0.25, 0.3) is 0 Å². The number of likely N-dealkylation sites (tertiary alicyclic amines) is 1. The van der Waals surface area contributed by atoms with Crippen LogP contribution in [0.5, 0.6) is 0 Å². The average Bonchev–Trinajstić information content (AvgIpc) is 3.25. The minimum Gasteiger partial charge on any atom is -0.389 e. The summed E-state index contributed by atoms with van der Waals surface area (Å²) in [4.78, 5) is 25.3. The summed E-state index contributed by atoms with van der Waals surface area (Å²) in [5.41, 5.74) is 0. The van der Waals surface area contributed by atoms with E-state index in [-0.39, 0.29) is 29.9 Å². The van der Waals surface area contributed by atoms with E-state index in [4.69, 9.17) is 4.74 Å². The van der Waals surface area contributed by atoms with Crippen LogP contribution in [0.4, 0.5) is 0 Å². The van der Waals surface area contributed by atoms with Crippen LogP contribution < -0.4 is 10.6 Å². The molecule has 3 aliphatic rings. The van der Waals surface area contributed by atoms with E-state index in [2.05, 4.69) is 10.6 Å². The Bertz CT molecular complexity index is 473. The predicted octanol–water partition coefficient (Wildman–Crippen LogP) is 0.0216. The molecule has 3 atom stereocenters. The fourth-order valence-electron chi connectivity index (χ4n) is 4.21. The number of nitrogens with zero attached hydrogens (tertiary/aromatic N) is 1. The zero-order valence-corrected chi connectivity index (χ0v) is 15.1. The largest absolute Gasteiger partial charge is 0.389 e. The third kappa shape index (κ3) is 4.71. The summed E-state index contributed by atoms with van der Waals surface area (Å²) in [6.45, 7) is 3.96. The molecule has 0 spiro atoms. The Morgan fingerprint density at radius 3 is 2.48 bits per heavy atom. The molecule has 3 N–H and O–H groups in total. The van der Waals surface area contributed by atoms with Gasteiger partial charge in [0.25, 0.3) is 0 Å². The van der Waals surface area contributed by atoms with Crippen molar-refractivity contribution >= 4 is 11.8 Å². The van der Waals surface area contributed by atoms with Crippen molar-refractivity contribution in [2.75, 3.05) is 26.2 Å². The highest BCUT2D eigenvalue weighted by molar-refractivity contribution is 5.78. The van der Waals surface area contributed by atoms with E-state index in [0.717, 1.165) is 51.6 Å². The minimum atomic E-state index is -0.616. The molecular weight excluding hydrogens is 322 g/mol. The van der Waals surface area contributed by atoms with Gasteiger partial charge in [0.15, 0.2) is 0 Å². The number of amides is 2. The van der Waals surface area contributed by atoms with Crippen molar-refractivity contribution in [2.24, 2.45) is 5.92 Å². The summed E-state index contributed by atoms with van der Waals surface area (Å²) in [6, 6.07) is 0.188. The predicted molar refractivity (Wildman–Crippen MR) is 92.9 cm³/mol. The maximum absolute atomic E-state index is 12.1. The standard InChI is InChI=1S/C18H31N3O4/c1-12(22)21-8-6-14(7-9-21)20-15-11-25-16(17(15)23)10-19-18(24)13-4-2-3-5-13/h13-17,20,23H,2-11H2,1H3,(H,19,24)/t15-,16-,17+/m1/s1. The number of carbonyl (C=O) groups excluding carboxylic acids is 2. The van der Waals surface area contributed by atoms with Gasteiger partial charge in [-0.1, -0.05) is 12.8 Å². The van der Waals surface area contributed by atoms with Gasteiger partial charge in [0, 0.05) is 38.5 Å². The number of hydrogen-bond donors (Lipinski definition) is 3. The first-order chi connectivity index (χ1) is 12.0. The van der Waals surface area contributed by atoms with Gasteiger partial charge >= 0.3 is 0 Å². The van der Waals surface area contributed by atoms with Crippen molar-refractivity contribution in [3.8, 4) is 0 Å².